The molecule has 0 aliphatic carbocycles. The molecule has 41 heavy (non-hydrogen) atoms. The topological polar surface area (TPSA) is 96.0 Å². The fraction of sp³-hybridized carbons (Fsp3) is 0.355. The molecule has 0 aliphatic rings. The standard InChI is InChI=1S/C31H38ClN3O5S/c1-6-23(4)33-31(37)28(7-2)34(20-24-14-12-11-13-22(24)3)30(36)21-35(25-17-18-29(40-5)27(32)19-25)41(38,39)26-15-9-8-10-16-26/h8-19,23,28H,6-7,20-21H2,1-5H3,(H,33,37)/t23-,28-/m0/s1. The first kappa shape index (κ1) is 32.0. The summed E-state index contributed by atoms with van der Waals surface area (Å²) in [5, 5.41) is 3.18. The number of ether oxygens (including phenoxy) is 1. The summed E-state index contributed by atoms with van der Waals surface area (Å²) in [5.41, 5.74) is 2.01. The molecule has 2 amide bonds. The number of rotatable bonds is 13. The van der Waals surface area contributed by atoms with E-state index in [-0.39, 0.29) is 34.1 Å². The molecule has 0 bridgehead atoms. The van der Waals surface area contributed by atoms with Crippen LogP contribution >= 0.6 is 11.6 Å². The van der Waals surface area contributed by atoms with E-state index in [4.69, 9.17) is 16.3 Å². The van der Waals surface area contributed by atoms with Crippen LogP contribution in [0.15, 0.2) is 77.7 Å². The highest BCUT2D eigenvalue weighted by molar-refractivity contribution is 7.92. The maximum absolute atomic E-state index is 14.2. The lowest BCUT2D eigenvalue weighted by Gasteiger charge is -2.34. The van der Waals surface area contributed by atoms with Crippen molar-refractivity contribution in [3.05, 3.63) is 88.9 Å². The molecule has 0 unspecified atom stereocenters. The maximum Gasteiger partial charge on any atom is 0.264 e. The molecular formula is C31H38ClN3O5S. The van der Waals surface area contributed by atoms with Crippen molar-refractivity contribution >= 4 is 39.1 Å². The van der Waals surface area contributed by atoms with Crippen molar-refractivity contribution in [2.45, 2.75) is 64.1 Å². The number of halogens is 1. The number of nitrogens with one attached hydrogen (secondary N) is 1. The molecule has 8 nitrogen and oxygen atoms in total. The van der Waals surface area contributed by atoms with Gasteiger partial charge in [-0.3, -0.25) is 13.9 Å². The van der Waals surface area contributed by atoms with Gasteiger partial charge in [0.2, 0.25) is 11.8 Å². The molecule has 2 atom stereocenters. The van der Waals surface area contributed by atoms with Gasteiger partial charge in [0, 0.05) is 12.6 Å². The molecule has 1 N–H and O–H groups in total. The first-order valence-electron chi connectivity index (χ1n) is 13.6. The number of hydrogen-bond donors (Lipinski definition) is 1. The van der Waals surface area contributed by atoms with Crippen LogP contribution in [0.4, 0.5) is 5.69 Å². The highest BCUT2D eigenvalue weighted by Gasteiger charge is 2.34. The number of carbonyl (C=O) groups is 2. The van der Waals surface area contributed by atoms with Gasteiger partial charge in [-0.05, 0) is 68.1 Å². The predicted octanol–water partition coefficient (Wildman–Crippen LogP) is 5.57. The molecule has 3 rings (SSSR count). The number of hydrogen-bond acceptors (Lipinski definition) is 5. The Morgan fingerprint density at radius 1 is 0.976 bits per heavy atom. The average molecular weight is 600 g/mol. The first-order chi connectivity index (χ1) is 19.5. The van der Waals surface area contributed by atoms with Crippen LogP contribution in [0.2, 0.25) is 5.02 Å². The van der Waals surface area contributed by atoms with Gasteiger partial charge < -0.3 is 15.0 Å². The number of benzene rings is 3. The summed E-state index contributed by atoms with van der Waals surface area (Å²) in [5.74, 6) is -0.438. The Morgan fingerprint density at radius 2 is 1.63 bits per heavy atom. The SMILES string of the molecule is CC[C@H](C)NC(=O)[C@H](CC)N(Cc1ccccc1C)C(=O)CN(c1ccc(OC)c(Cl)c1)S(=O)(=O)c1ccccc1. The van der Waals surface area contributed by atoms with Gasteiger partial charge in [-0.15, -0.1) is 0 Å². The van der Waals surface area contributed by atoms with Crippen LogP contribution in [0.1, 0.15) is 44.7 Å². The molecule has 3 aromatic rings. The van der Waals surface area contributed by atoms with Crippen molar-refractivity contribution in [2.24, 2.45) is 0 Å². The molecule has 0 saturated heterocycles. The second kappa shape index (κ2) is 14.4. The lowest BCUT2D eigenvalue weighted by molar-refractivity contribution is -0.140. The summed E-state index contributed by atoms with van der Waals surface area (Å²) in [7, 11) is -2.73. The van der Waals surface area contributed by atoms with Crippen molar-refractivity contribution in [2.75, 3.05) is 18.0 Å². The Kier molecular flexibility index (Phi) is 11.2. The van der Waals surface area contributed by atoms with Gasteiger partial charge >= 0.3 is 0 Å². The van der Waals surface area contributed by atoms with E-state index in [1.165, 1.54) is 36.3 Å². The molecule has 0 saturated carbocycles. The van der Waals surface area contributed by atoms with Crippen LogP contribution < -0.4 is 14.4 Å². The van der Waals surface area contributed by atoms with Gasteiger partial charge in [0.25, 0.3) is 10.0 Å². The van der Waals surface area contributed by atoms with Gasteiger partial charge in [-0.25, -0.2) is 8.42 Å². The van der Waals surface area contributed by atoms with E-state index >= 15 is 0 Å². The van der Waals surface area contributed by atoms with Crippen LogP contribution in [-0.2, 0) is 26.2 Å². The summed E-state index contributed by atoms with van der Waals surface area (Å²) < 4.78 is 34.1. The van der Waals surface area contributed by atoms with Crippen LogP contribution in [0.25, 0.3) is 0 Å². The first-order valence-corrected chi connectivity index (χ1v) is 15.4. The van der Waals surface area contributed by atoms with Crippen LogP contribution in [0, 0.1) is 6.92 Å². The molecule has 0 spiro atoms. The zero-order chi connectivity index (χ0) is 30.2. The molecular weight excluding hydrogens is 562 g/mol. The summed E-state index contributed by atoms with van der Waals surface area (Å²) >= 11 is 6.38. The molecule has 0 heterocycles. The Hall–Kier alpha value is -3.56. The molecule has 0 radical (unpaired) electrons. The summed E-state index contributed by atoms with van der Waals surface area (Å²) in [6, 6.07) is 19.1. The second-order valence-corrected chi connectivity index (χ2v) is 12.1. The zero-order valence-corrected chi connectivity index (χ0v) is 25.7. The number of nitrogens with zero attached hydrogens (tertiary/aromatic N) is 2. The zero-order valence-electron chi connectivity index (χ0n) is 24.1. The highest BCUT2D eigenvalue weighted by atomic mass is 35.5. The van der Waals surface area contributed by atoms with Crippen LogP contribution in [-0.4, -0.2) is 50.9 Å². The van der Waals surface area contributed by atoms with E-state index in [1.807, 2.05) is 52.0 Å². The number of methoxy groups -OCH3 is 1. The fourth-order valence-corrected chi connectivity index (χ4v) is 6.07. The number of amides is 2. The highest BCUT2D eigenvalue weighted by Crippen LogP contribution is 2.32. The molecule has 0 aromatic heterocycles. The van der Waals surface area contributed by atoms with Crippen LogP contribution in [0.3, 0.4) is 0 Å². The van der Waals surface area contributed by atoms with Crippen molar-refractivity contribution in [3.8, 4) is 5.75 Å². The lowest BCUT2D eigenvalue weighted by atomic mass is 10.1. The van der Waals surface area contributed by atoms with E-state index in [9.17, 15) is 18.0 Å². The average Bonchev–Trinajstić information content (AvgIpc) is 2.96. The molecule has 3 aromatic carbocycles. The number of anilines is 1. The molecule has 220 valence electrons. The minimum absolute atomic E-state index is 0.0201. The van der Waals surface area contributed by atoms with Gasteiger partial charge in [-0.1, -0.05) is 67.9 Å². The summed E-state index contributed by atoms with van der Waals surface area (Å²) in [6.45, 7) is 7.23. The van der Waals surface area contributed by atoms with Gasteiger partial charge in [0.1, 0.15) is 18.3 Å². The van der Waals surface area contributed by atoms with E-state index < -0.39 is 28.5 Å². The fourth-order valence-electron chi connectivity index (χ4n) is 4.39. The van der Waals surface area contributed by atoms with Crippen molar-refractivity contribution < 1.29 is 22.7 Å². The van der Waals surface area contributed by atoms with Crippen molar-refractivity contribution in [1.82, 2.24) is 10.2 Å². The van der Waals surface area contributed by atoms with Crippen molar-refractivity contribution in [1.29, 1.82) is 0 Å². The van der Waals surface area contributed by atoms with Gasteiger partial charge in [0.05, 0.1) is 22.7 Å². The maximum atomic E-state index is 14.2. The Balaban J connectivity index is 2.09. The third-order valence-corrected chi connectivity index (χ3v) is 9.11. The Bertz CT molecular complexity index is 1450. The lowest BCUT2D eigenvalue weighted by Crippen LogP contribution is -2.53. The number of sulfonamides is 1. The number of carbonyl (C=O) groups excluding carboxylic acids is 2. The largest absolute Gasteiger partial charge is 0.495 e. The molecule has 10 heteroatoms. The second-order valence-electron chi connectivity index (χ2n) is 9.83. The molecule has 0 fully saturated rings. The quantitative estimate of drug-likeness (QED) is 0.277. The number of aryl methyl sites for hydroxylation is 1. The van der Waals surface area contributed by atoms with E-state index in [1.54, 1.807) is 24.3 Å². The van der Waals surface area contributed by atoms with E-state index in [0.29, 0.717) is 12.2 Å². The van der Waals surface area contributed by atoms with Gasteiger partial charge in [0.15, 0.2) is 0 Å². The monoisotopic (exact) mass is 599 g/mol. The smallest absolute Gasteiger partial charge is 0.264 e. The third kappa shape index (κ3) is 7.80. The van der Waals surface area contributed by atoms with Crippen molar-refractivity contribution in [3.63, 3.8) is 0 Å². The van der Waals surface area contributed by atoms with Crippen LogP contribution in [0.5, 0.6) is 5.75 Å². The minimum Gasteiger partial charge on any atom is -0.495 e. The summed E-state index contributed by atoms with van der Waals surface area (Å²) in [4.78, 5) is 29.0. The van der Waals surface area contributed by atoms with Gasteiger partial charge in [-0.2, -0.15) is 0 Å². The minimum atomic E-state index is -4.19. The predicted molar refractivity (Wildman–Crippen MR) is 163 cm³/mol. The van der Waals surface area contributed by atoms with E-state index in [2.05, 4.69) is 5.32 Å². The Morgan fingerprint density at radius 3 is 2.22 bits per heavy atom. The molecule has 0 aliphatic heterocycles. The normalized spacial score (nSPS) is 12.7. The summed E-state index contributed by atoms with van der Waals surface area (Å²) in [6.07, 6.45) is 1.08. The van der Waals surface area contributed by atoms with E-state index in [0.717, 1.165) is 21.9 Å². The Labute approximate surface area is 248 Å². The third-order valence-electron chi connectivity index (χ3n) is 7.02.